The molecule has 33 heavy (non-hydrogen) atoms. The van der Waals surface area contributed by atoms with Gasteiger partial charge in [0.25, 0.3) is 12.3 Å². The van der Waals surface area contributed by atoms with Crippen LogP contribution in [0.5, 0.6) is 5.75 Å². The molecule has 0 radical (unpaired) electrons. The van der Waals surface area contributed by atoms with E-state index in [0.29, 0.717) is 6.42 Å². The SMILES string of the molecule is Cn1cc2c(c1C(=O)Nc1ccc(F)c(C(F)F)c1)OCC(Cc1cccnc1)NS2(=O)=O. The lowest BCUT2D eigenvalue weighted by Gasteiger charge is -2.15. The van der Waals surface area contributed by atoms with Crippen molar-refractivity contribution in [1.82, 2.24) is 14.3 Å². The summed E-state index contributed by atoms with van der Waals surface area (Å²) in [7, 11) is -2.58. The lowest BCUT2D eigenvalue weighted by Crippen LogP contribution is -2.38. The second kappa shape index (κ2) is 8.87. The van der Waals surface area contributed by atoms with Crippen LogP contribution in [0.1, 0.15) is 28.0 Å². The van der Waals surface area contributed by atoms with Gasteiger partial charge in [-0.2, -0.15) is 0 Å². The van der Waals surface area contributed by atoms with Crippen molar-refractivity contribution in [2.75, 3.05) is 11.9 Å². The van der Waals surface area contributed by atoms with Gasteiger partial charge in [-0.15, -0.1) is 0 Å². The number of nitrogens with zero attached hydrogens (tertiary/aromatic N) is 2. The normalized spacial score (nSPS) is 17.2. The third kappa shape index (κ3) is 4.71. The highest BCUT2D eigenvalue weighted by Gasteiger charge is 2.34. The molecule has 1 aliphatic rings. The molecule has 0 aliphatic carbocycles. The fourth-order valence-electron chi connectivity index (χ4n) is 3.55. The smallest absolute Gasteiger partial charge is 0.276 e. The van der Waals surface area contributed by atoms with E-state index in [1.165, 1.54) is 17.8 Å². The van der Waals surface area contributed by atoms with E-state index in [1.807, 2.05) is 0 Å². The van der Waals surface area contributed by atoms with Gasteiger partial charge in [0, 0.05) is 31.3 Å². The highest BCUT2D eigenvalue weighted by atomic mass is 32.2. The number of alkyl halides is 2. The number of sulfonamides is 1. The number of hydrogen-bond acceptors (Lipinski definition) is 5. The molecule has 0 saturated carbocycles. The van der Waals surface area contributed by atoms with Crippen LogP contribution in [-0.4, -0.2) is 36.5 Å². The van der Waals surface area contributed by atoms with Gasteiger partial charge in [0.15, 0.2) is 11.4 Å². The van der Waals surface area contributed by atoms with Crippen molar-refractivity contribution in [3.63, 3.8) is 0 Å². The van der Waals surface area contributed by atoms with Gasteiger partial charge in [0.1, 0.15) is 17.3 Å². The highest BCUT2D eigenvalue weighted by molar-refractivity contribution is 7.89. The van der Waals surface area contributed by atoms with Gasteiger partial charge in [-0.05, 0) is 36.2 Å². The molecule has 0 saturated heterocycles. The van der Waals surface area contributed by atoms with Gasteiger partial charge in [-0.1, -0.05) is 6.07 Å². The van der Waals surface area contributed by atoms with E-state index in [4.69, 9.17) is 4.74 Å². The Morgan fingerprint density at radius 2 is 2.15 bits per heavy atom. The Kier molecular flexibility index (Phi) is 6.13. The van der Waals surface area contributed by atoms with Gasteiger partial charge in [0.2, 0.25) is 10.0 Å². The number of nitrogens with one attached hydrogen (secondary N) is 2. The molecule has 174 valence electrons. The number of amides is 1. The van der Waals surface area contributed by atoms with Crippen LogP contribution >= 0.6 is 0 Å². The minimum atomic E-state index is -4.02. The molecule has 3 heterocycles. The van der Waals surface area contributed by atoms with Crippen molar-refractivity contribution in [3.05, 3.63) is 71.6 Å². The monoisotopic (exact) mass is 480 g/mol. The molecule has 12 heteroatoms. The molecule has 3 aromatic rings. The van der Waals surface area contributed by atoms with Crippen molar-refractivity contribution in [2.45, 2.75) is 23.8 Å². The van der Waals surface area contributed by atoms with Crippen molar-refractivity contribution < 1.29 is 31.1 Å². The van der Waals surface area contributed by atoms with Crippen molar-refractivity contribution in [1.29, 1.82) is 0 Å². The average molecular weight is 480 g/mol. The summed E-state index contributed by atoms with van der Waals surface area (Å²) in [6.07, 6.45) is 1.69. The summed E-state index contributed by atoms with van der Waals surface area (Å²) in [5, 5.41) is 2.39. The first-order valence-corrected chi connectivity index (χ1v) is 11.3. The summed E-state index contributed by atoms with van der Waals surface area (Å²) >= 11 is 0. The molecule has 0 bridgehead atoms. The van der Waals surface area contributed by atoms with Gasteiger partial charge >= 0.3 is 0 Å². The van der Waals surface area contributed by atoms with Crippen LogP contribution in [-0.2, 0) is 23.5 Å². The third-order valence-electron chi connectivity index (χ3n) is 5.05. The zero-order valence-electron chi connectivity index (χ0n) is 17.3. The number of aromatic nitrogens is 2. The van der Waals surface area contributed by atoms with Gasteiger partial charge in [-0.3, -0.25) is 9.78 Å². The van der Waals surface area contributed by atoms with E-state index in [1.54, 1.807) is 24.5 Å². The predicted molar refractivity (Wildman–Crippen MR) is 112 cm³/mol. The Bertz CT molecular complexity index is 1300. The summed E-state index contributed by atoms with van der Waals surface area (Å²) in [4.78, 5) is 16.7. The van der Waals surface area contributed by atoms with E-state index in [0.717, 1.165) is 23.8 Å². The maximum atomic E-state index is 13.5. The van der Waals surface area contributed by atoms with Crippen LogP contribution in [0, 0.1) is 5.82 Å². The minimum absolute atomic E-state index is 0.0580. The Balaban J connectivity index is 1.61. The second-order valence-corrected chi connectivity index (χ2v) is 9.15. The van der Waals surface area contributed by atoms with Gasteiger partial charge in [0.05, 0.1) is 11.6 Å². The van der Waals surface area contributed by atoms with Crippen LogP contribution in [0.25, 0.3) is 0 Å². The number of fused-ring (bicyclic) bond motifs is 1. The fraction of sp³-hybridized carbons (Fsp3) is 0.238. The molecule has 2 aromatic heterocycles. The lowest BCUT2D eigenvalue weighted by molar-refractivity contribution is 0.101. The number of hydrogen-bond donors (Lipinski definition) is 2. The maximum Gasteiger partial charge on any atom is 0.276 e. The summed E-state index contributed by atoms with van der Waals surface area (Å²) in [5.74, 6) is -2.06. The first-order valence-electron chi connectivity index (χ1n) is 9.78. The first-order chi connectivity index (χ1) is 15.7. The van der Waals surface area contributed by atoms with Crippen molar-refractivity contribution >= 4 is 21.6 Å². The molecular weight excluding hydrogens is 461 g/mol. The molecule has 1 aliphatic heterocycles. The molecule has 4 rings (SSSR count). The highest BCUT2D eigenvalue weighted by Crippen LogP contribution is 2.33. The van der Waals surface area contributed by atoms with Crippen molar-refractivity contribution in [3.8, 4) is 5.75 Å². The molecule has 1 atom stereocenters. The third-order valence-corrected chi connectivity index (χ3v) is 6.57. The molecule has 2 N–H and O–H groups in total. The Labute approximate surface area is 187 Å². The number of carbonyl (C=O) groups excluding carboxylic acids is 1. The molecule has 0 spiro atoms. The fourth-order valence-corrected chi connectivity index (χ4v) is 4.97. The topological polar surface area (TPSA) is 102 Å². The minimum Gasteiger partial charge on any atom is -0.488 e. The van der Waals surface area contributed by atoms with E-state index < -0.39 is 39.8 Å². The maximum absolute atomic E-state index is 13.5. The molecule has 1 amide bonds. The number of ether oxygens (including phenoxy) is 1. The Morgan fingerprint density at radius 3 is 2.85 bits per heavy atom. The number of halogens is 3. The zero-order chi connectivity index (χ0) is 23.8. The standard InChI is InChI=1S/C21H19F3N4O4S/c1-28-10-17-19(18(28)21(29)26-13-4-5-16(22)15(8-13)20(23)24)32-11-14(27-33(17,30)31)7-12-3-2-6-25-9-12/h2-6,8-10,14,20,27H,7,11H2,1H3,(H,26,29). The van der Waals surface area contributed by atoms with E-state index in [2.05, 4.69) is 15.0 Å². The van der Waals surface area contributed by atoms with Crippen LogP contribution in [0.2, 0.25) is 0 Å². The summed E-state index contributed by atoms with van der Waals surface area (Å²) in [6, 6.07) is 5.68. The summed E-state index contributed by atoms with van der Waals surface area (Å²) in [5.41, 5.74) is -0.263. The zero-order valence-corrected chi connectivity index (χ0v) is 18.1. The number of benzene rings is 1. The predicted octanol–water partition coefficient (Wildman–Crippen LogP) is 3.03. The van der Waals surface area contributed by atoms with Crippen LogP contribution in [0.15, 0.2) is 53.8 Å². The number of carbonyl (C=O) groups is 1. The molecule has 1 aromatic carbocycles. The van der Waals surface area contributed by atoms with Gasteiger partial charge < -0.3 is 14.6 Å². The number of pyridine rings is 1. The Morgan fingerprint density at radius 1 is 1.36 bits per heavy atom. The first kappa shape index (κ1) is 22.8. The second-order valence-electron chi connectivity index (χ2n) is 7.47. The number of anilines is 1. The molecule has 1 unspecified atom stereocenters. The summed E-state index contributed by atoms with van der Waals surface area (Å²) < 4.78 is 74.9. The molecule has 8 nitrogen and oxygen atoms in total. The number of rotatable bonds is 5. The average Bonchev–Trinajstić information content (AvgIpc) is 3.05. The molecular formula is C21H19F3N4O4S. The number of aryl methyl sites for hydroxylation is 1. The quantitative estimate of drug-likeness (QED) is 0.585. The van der Waals surface area contributed by atoms with E-state index in [9.17, 15) is 26.4 Å². The lowest BCUT2D eigenvalue weighted by atomic mass is 10.1. The molecule has 0 fully saturated rings. The van der Waals surface area contributed by atoms with Crippen LogP contribution in [0.4, 0.5) is 18.9 Å². The van der Waals surface area contributed by atoms with Crippen molar-refractivity contribution in [2.24, 2.45) is 7.05 Å². The largest absolute Gasteiger partial charge is 0.488 e. The summed E-state index contributed by atoms with van der Waals surface area (Å²) in [6.45, 7) is -0.0580. The van der Waals surface area contributed by atoms with Crippen LogP contribution < -0.4 is 14.8 Å². The van der Waals surface area contributed by atoms with E-state index in [-0.39, 0.29) is 28.6 Å². The Hall–Kier alpha value is -3.38. The van der Waals surface area contributed by atoms with Crippen LogP contribution in [0.3, 0.4) is 0 Å². The van der Waals surface area contributed by atoms with E-state index >= 15 is 0 Å². The van der Waals surface area contributed by atoms with Gasteiger partial charge in [-0.25, -0.2) is 26.3 Å².